The molecule has 3 N–H and O–H groups in total. The highest BCUT2D eigenvalue weighted by molar-refractivity contribution is 6.33. The lowest BCUT2D eigenvalue weighted by molar-refractivity contribution is 0.0924. The second-order valence-electron chi connectivity index (χ2n) is 6.05. The number of pyridine rings is 1. The fraction of sp³-hybridized carbons (Fsp3) is 0.278. The molecule has 124 valence electrons. The second-order valence-corrected chi connectivity index (χ2v) is 6.46. The summed E-state index contributed by atoms with van der Waals surface area (Å²) in [7, 11) is 0. The molecule has 0 aliphatic heterocycles. The summed E-state index contributed by atoms with van der Waals surface area (Å²) in [5, 5.41) is 3.11. The Kier molecular flexibility index (Phi) is 4.53. The molecule has 3 rings (SSSR count). The van der Waals surface area contributed by atoms with Crippen LogP contribution < -0.4 is 11.1 Å². The molecule has 0 radical (unpaired) electrons. The van der Waals surface area contributed by atoms with Crippen molar-refractivity contribution in [2.24, 2.45) is 5.73 Å². The highest BCUT2D eigenvalue weighted by Gasteiger charge is 2.26. The first-order valence-electron chi connectivity index (χ1n) is 7.82. The van der Waals surface area contributed by atoms with E-state index in [-0.39, 0.29) is 28.2 Å². The Morgan fingerprint density at radius 1 is 1.25 bits per heavy atom. The van der Waals surface area contributed by atoms with Gasteiger partial charge in [0.15, 0.2) is 0 Å². The molecule has 0 saturated carbocycles. The predicted octanol–water partition coefficient (Wildman–Crippen LogP) is 3.20. The normalized spacial score (nSPS) is 19.4. The zero-order valence-corrected chi connectivity index (χ0v) is 14.0. The molecule has 1 aromatic carbocycles. The van der Waals surface area contributed by atoms with Crippen molar-refractivity contribution in [3.8, 4) is 0 Å². The molecule has 24 heavy (non-hydrogen) atoms. The number of nitrogens with one attached hydrogen (secondary N) is 1. The zero-order valence-electron chi connectivity index (χ0n) is 13.3. The number of aromatic nitrogens is 1. The number of nitrogens with two attached hydrogens (primary N) is 1. The van der Waals surface area contributed by atoms with E-state index in [1.54, 1.807) is 0 Å². The topological polar surface area (TPSA) is 85.1 Å². The van der Waals surface area contributed by atoms with E-state index >= 15 is 0 Å². The van der Waals surface area contributed by atoms with Crippen LogP contribution in [0, 0.1) is 0 Å². The van der Waals surface area contributed by atoms with Gasteiger partial charge in [0.1, 0.15) is 5.69 Å². The molecule has 0 saturated heterocycles. The van der Waals surface area contributed by atoms with Crippen LogP contribution in [-0.4, -0.2) is 16.8 Å². The molecule has 1 aromatic heterocycles. The van der Waals surface area contributed by atoms with E-state index < -0.39 is 5.91 Å². The molecule has 1 aliphatic rings. The van der Waals surface area contributed by atoms with Crippen molar-refractivity contribution in [3.63, 3.8) is 0 Å². The molecule has 1 aliphatic carbocycles. The quantitative estimate of drug-likeness (QED) is 0.897. The number of primary amides is 1. The predicted molar refractivity (Wildman–Crippen MR) is 92.1 cm³/mol. The first kappa shape index (κ1) is 16.5. The number of nitrogens with zero attached hydrogens (tertiary/aromatic N) is 1. The third kappa shape index (κ3) is 3.12. The van der Waals surface area contributed by atoms with Crippen molar-refractivity contribution in [1.82, 2.24) is 10.3 Å². The lowest BCUT2D eigenvalue weighted by Crippen LogP contribution is -2.32. The van der Waals surface area contributed by atoms with Gasteiger partial charge in [-0.25, -0.2) is 4.98 Å². The summed E-state index contributed by atoms with van der Waals surface area (Å²) in [6.07, 6.45) is 3.13. The van der Waals surface area contributed by atoms with Gasteiger partial charge in [-0.1, -0.05) is 42.8 Å². The minimum absolute atomic E-state index is 0.0708. The molecule has 0 bridgehead atoms. The lowest BCUT2D eigenvalue weighted by Gasteiger charge is -2.30. The Morgan fingerprint density at radius 2 is 1.96 bits per heavy atom. The number of carbonyl (C=O) groups is 2. The van der Waals surface area contributed by atoms with Crippen LogP contribution >= 0.6 is 11.6 Å². The number of benzene rings is 1. The number of hydrogen-bond acceptors (Lipinski definition) is 3. The number of rotatable bonds is 3. The minimum atomic E-state index is -0.633. The standard InChI is InChI=1S/C18H18ClN3O2/c1-10-6-7-15(13-5-3-2-4-12(10)13)22-18(24)16-14(19)8-11(9-21-16)17(20)23/h2-5,8-10,15H,6-7H2,1H3,(H2,20,23)(H,22,24)/t10-,15+/m0/s1. The SMILES string of the molecule is C[C@H]1CC[C@@H](NC(=O)c2ncc(C(N)=O)cc2Cl)c2ccccc21. The summed E-state index contributed by atoms with van der Waals surface area (Å²) in [6.45, 7) is 2.19. The minimum Gasteiger partial charge on any atom is -0.366 e. The first-order valence-corrected chi connectivity index (χ1v) is 8.20. The van der Waals surface area contributed by atoms with Gasteiger partial charge in [0.25, 0.3) is 5.91 Å². The first-order chi connectivity index (χ1) is 11.5. The van der Waals surface area contributed by atoms with Crippen LogP contribution in [0.5, 0.6) is 0 Å². The Hall–Kier alpha value is -2.40. The van der Waals surface area contributed by atoms with Gasteiger partial charge in [-0.15, -0.1) is 0 Å². The zero-order chi connectivity index (χ0) is 17.3. The third-order valence-electron chi connectivity index (χ3n) is 4.44. The average Bonchev–Trinajstić information content (AvgIpc) is 2.57. The molecule has 6 heteroatoms. The van der Waals surface area contributed by atoms with Crippen LogP contribution in [0.1, 0.15) is 63.7 Å². The van der Waals surface area contributed by atoms with E-state index in [1.165, 1.54) is 17.8 Å². The maximum absolute atomic E-state index is 12.5. The average molecular weight is 344 g/mol. The Bertz CT molecular complexity index is 807. The number of hydrogen-bond donors (Lipinski definition) is 2. The Balaban J connectivity index is 1.83. The van der Waals surface area contributed by atoms with Crippen LogP contribution in [0.2, 0.25) is 5.02 Å². The summed E-state index contributed by atoms with van der Waals surface area (Å²) >= 11 is 6.08. The van der Waals surface area contributed by atoms with Gasteiger partial charge in [0, 0.05) is 6.20 Å². The summed E-state index contributed by atoms with van der Waals surface area (Å²) in [6, 6.07) is 9.43. The molecule has 5 nitrogen and oxygen atoms in total. The van der Waals surface area contributed by atoms with E-state index in [2.05, 4.69) is 23.3 Å². The fourth-order valence-corrected chi connectivity index (χ4v) is 3.37. The summed E-state index contributed by atoms with van der Waals surface area (Å²) in [5.41, 5.74) is 7.85. The summed E-state index contributed by atoms with van der Waals surface area (Å²) < 4.78 is 0. The van der Waals surface area contributed by atoms with Crippen LogP contribution in [0.25, 0.3) is 0 Å². The van der Waals surface area contributed by atoms with Gasteiger partial charge in [0.05, 0.1) is 16.6 Å². The van der Waals surface area contributed by atoms with Gasteiger partial charge in [0.2, 0.25) is 5.91 Å². The van der Waals surface area contributed by atoms with Gasteiger partial charge < -0.3 is 11.1 Å². The molecule has 2 aromatic rings. The van der Waals surface area contributed by atoms with Crippen molar-refractivity contribution in [2.75, 3.05) is 0 Å². The van der Waals surface area contributed by atoms with Crippen molar-refractivity contribution >= 4 is 23.4 Å². The Labute approximate surface area is 145 Å². The molecule has 0 spiro atoms. The largest absolute Gasteiger partial charge is 0.366 e. The van der Waals surface area contributed by atoms with Gasteiger partial charge in [-0.2, -0.15) is 0 Å². The molecule has 0 unspecified atom stereocenters. The van der Waals surface area contributed by atoms with Crippen LogP contribution in [-0.2, 0) is 0 Å². The van der Waals surface area contributed by atoms with E-state index in [4.69, 9.17) is 17.3 Å². The van der Waals surface area contributed by atoms with Crippen molar-refractivity contribution < 1.29 is 9.59 Å². The molecule has 0 fully saturated rings. The van der Waals surface area contributed by atoms with E-state index in [1.807, 2.05) is 18.2 Å². The monoisotopic (exact) mass is 343 g/mol. The maximum atomic E-state index is 12.5. The lowest BCUT2D eigenvalue weighted by atomic mass is 9.81. The second kappa shape index (κ2) is 6.61. The molecule has 2 amide bonds. The number of fused-ring (bicyclic) bond motifs is 1. The number of amides is 2. The molecule has 1 heterocycles. The van der Waals surface area contributed by atoms with Crippen LogP contribution in [0.4, 0.5) is 0 Å². The highest BCUT2D eigenvalue weighted by atomic mass is 35.5. The Morgan fingerprint density at radius 3 is 2.62 bits per heavy atom. The summed E-state index contributed by atoms with van der Waals surface area (Å²) in [5.74, 6) is -0.511. The van der Waals surface area contributed by atoms with Crippen molar-refractivity contribution in [1.29, 1.82) is 0 Å². The molecule has 2 atom stereocenters. The van der Waals surface area contributed by atoms with Crippen molar-refractivity contribution in [3.05, 3.63) is 63.9 Å². The van der Waals surface area contributed by atoms with E-state index in [0.717, 1.165) is 18.4 Å². The van der Waals surface area contributed by atoms with Gasteiger partial charge in [-0.05, 0) is 36.0 Å². The number of carbonyl (C=O) groups excluding carboxylic acids is 2. The van der Waals surface area contributed by atoms with Gasteiger partial charge in [-0.3, -0.25) is 9.59 Å². The fourth-order valence-electron chi connectivity index (χ4n) is 3.12. The highest BCUT2D eigenvalue weighted by Crippen LogP contribution is 2.37. The third-order valence-corrected chi connectivity index (χ3v) is 4.72. The molecular weight excluding hydrogens is 326 g/mol. The molecular formula is C18H18ClN3O2. The van der Waals surface area contributed by atoms with Crippen molar-refractivity contribution in [2.45, 2.75) is 31.7 Å². The number of halogens is 1. The smallest absolute Gasteiger partial charge is 0.271 e. The van der Waals surface area contributed by atoms with Crippen LogP contribution in [0.3, 0.4) is 0 Å². The van der Waals surface area contributed by atoms with E-state index in [0.29, 0.717) is 5.92 Å². The summed E-state index contributed by atoms with van der Waals surface area (Å²) in [4.78, 5) is 27.7. The van der Waals surface area contributed by atoms with E-state index in [9.17, 15) is 9.59 Å². The van der Waals surface area contributed by atoms with Gasteiger partial charge >= 0.3 is 0 Å². The van der Waals surface area contributed by atoms with Crippen LogP contribution in [0.15, 0.2) is 36.5 Å². The maximum Gasteiger partial charge on any atom is 0.271 e.